The summed E-state index contributed by atoms with van der Waals surface area (Å²) in [6, 6.07) is 12.2. The SMILES string of the molecule is CCOc1cc(C#N)cc(Cl)c1OC(=O)[C@@H](C)Oc1cccc(C)c1. The molecule has 0 saturated heterocycles. The minimum atomic E-state index is -0.844. The smallest absolute Gasteiger partial charge is 0.352 e. The first-order chi connectivity index (χ1) is 11.9. The molecule has 0 aliphatic heterocycles. The van der Waals surface area contributed by atoms with Crippen molar-refractivity contribution in [3.63, 3.8) is 0 Å². The molecule has 0 amide bonds. The van der Waals surface area contributed by atoms with Crippen LogP contribution in [0.5, 0.6) is 17.2 Å². The van der Waals surface area contributed by atoms with Gasteiger partial charge in [0.25, 0.3) is 0 Å². The van der Waals surface area contributed by atoms with E-state index in [0.717, 1.165) is 5.56 Å². The zero-order valence-corrected chi connectivity index (χ0v) is 15.0. The Morgan fingerprint density at radius 3 is 2.72 bits per heavy atom. The molecular formula is C19H18ClNO4. The fourth-order valence-electron chi connectivity index (χ4n) is 2.12. The lowest BCUT2D eigenvalue weighted by molar-refractivity contribution is -0.141. The highest BCUT2D eigenvalue weighted by Crippen LogP contribution is 2.37. The standard InChI is InChI=1S/C19H18ClNO4/c1-4-23-17-10-14(11-21)9-16(20)18(17)25-19(22)13(3)24-15-7-5-6-12(2)8-15/h5-10,13H,4H2,1-3H3/t13-/m1/s1. The number of esters is 1. The van der Waals surface area contributed by atoms with E-state index in [4.69, 9.17) is 31.1 Å². The van der Waals surface area contributed by atoms with Gasteiger partial charge in [-0.25, -0.2) is 4.79 Å². The van der Waals surface area contributed by atoms with E-state index in [-0.39, 0.29) is 16.5 Å². The first-order valence-corrected chi connectivity index (χ1v) is 8.13. The molecule has 5 nitrogen and oxygen atoms in total. The van der Waals surface area contributed by atoms with Crippen LogP contribution in [0.3, 0.4) is 0 Å². The van der Waals surface area contributed by atoms with E-state index in [1.54, 1.807) is 19.9 Å². The summed E-state index contributed by atoms with van der Waals surface area (Å²) in [5, 5.41) is 9.13. The molecule has 2 rings (SSSR count). The van der Waals surface area contributed by atoms with Gasteiger partial charge >= 0.3 is 5.97 Å². The lowest BCUT2D eigenvalue weighted by Gasteiger charge is -2.16. The second-order valence-electron chi connectivity index (χ2n) is 5.33. The van der Waals surface area contributed by atoms with Crippen LogP contribution >= 0.6 is 11.6 Å². The van der Waals surface area contributed by atoms with Gasteiger partial charge in [0.15, 0.2) is 17.6 Å². The highest BCUT2D eigenvalue weighted by atomic mass is 35.5. The molecule has 0 saturated carbocycles. The number of benzene rings is 2. The van der Waals surface area contributed by atoms with Gasteiger partial charge in [-0.15, -0.1) is 0 Å². The van der Waals surface area contributed by atoms with Crippen LogP contribution < -0.4 is 14.2 Å². The summed E-state index contributed by atoms with van der Waals surface area (Å²) >= 11 is 6.13. The van der Waals surface area contributed by atoms with Crippen molar-refractivity contribution in [2.75, 3.05) is 6.61 Å². The number of carbonyl (C=O) groups excluding carboxylic acids is 1. The number of aryl methyl sites for hydroxylation is 1. The summed E-state index contributed by atoms with van der Waals surface area (Å²) in [6.07, 6.45) is -0.844. The lowest BCUT2D eigenvalue weighted by atomic mass is 10.2. The largest absolute Gasteiger partial charge is 0.490 e. The lowest BCUT2D eigenvalue weighted by Crippen LogP contribution is -2.28. The Kier molecular flexibility index (Phi) is 6.26. The summed E-state index contributed by atoms with van der Waals surface area (Å²) in [7, 11) is 0. The summed E-state index contributed by atoms with van der Waals surface area (Å²) < 4.78 is 16.4. The second-order valence-corrected chi connectivity index (χ2v) is 5.74. The Hall–Kier alpha value is -2.71. The molecule has 2 aromatic carbocycles. The number of ether oxygens (including phenoxy) is 3. The molecule has 130 valence electrons. The normalized spacial score (nSPS) is 11.3. The summed E-state index contributed by atoms with van der Waals surface area (Å²) in [4.78, 5) is 12.3. The highest BCUT2D eigenvalue weighted by Gasteiger charge is 2.22. The van der Waals surface area contributed by atoms with Crippen LogP contribution in [0.1, 0.15) is 25.0 Å². The summed E-state index contributed by atoms with van der Waals surface area (Å²) in [6.45, 7) is 5.64. The molecular weight excluding hydrogens is 342 g/mol. The Bertz CT molecular complexity index is 814. The molecule has 0 radical (unpaired) electrons. The van der Waals surface area contributed by atoms with Crippen molar-refractivity contribution in [3.8, 4) is 23.3 Å². The zero-order chi connectivity index (χ0) is 18.4. The van der Waals surface area contributed by atoms with Crippen molar-refractivity contribution in [3.05, 3.63) is 52.5 Å². The molecule has 0 heterocycles. The van der Waals surface area contributed by atoms with Crippen molar-refractivity contribution >= 4 is 17.6 Å². The van der Waals surface area contributed by atoms with E-state index < -0.39 is 12.1 Å². The van der Waals surface area contributed by atoms with Gasteiger partial charge in [-0.05, 0) is 44.5 Å². The van der Waals surface area contributed by atoms with Gasteiger partial charge in [-0.2, -0.15) is 5.26 Å². The topological polar surface area (TPSA) is 68.5 Å². The second kappa shape index (κ2) is 8.41. The zero-order valence-electron chi connectivity index (χ0n) is 14.2. The molecule has 1 atom stereocenters. The Labute approximate surface area is 151 Å². The monoisotopic (exact) mass is 359 g/mol. The van der Waals surface area contributed by atoms with Gasteiger partial charge in [0, 0.05) is 6.07 Å². The molecule has 0 aliphatic carbocycles. The van der Waals surface area contributed by atoms with Gasteiger partial charge in [0.2, 0.25) is 0 Å². The maximum atomic E-state index is 12.3. The predicted molar refractivity (Wildman–Crippen MR) is 94.2 cm³/mol. The first kappa shape index (κ1) is 18.6. The van der Waals surface area contributed by atoms with Crippen LogP contribution in [-0.4, -0.2) is 18.7 Å². The van der Waals surface area contributed by atoms with E-state index in [1.807, 2.05) is 31.2 Å². The molecule has 0 spiro atoms. The molecule has 0 aromatic heterocycles. The fourth-order valence-corrected chi connectivity index (χ4v) is 2.37. The first-order valence-electron chi connectivity index (χ1n) is 7.76. The summed E-state index contributed by atoms with van der Waals surface area (Å²) in [5.74, 6) is 0.268. The number of hydrogen-bond acceptors (Lipinski definition) is 5. The molecule has 25 heavy (non-hydrogen) atoms. The Morgan fingerprint density at radius 2 is 2.08 bits per heavy atom. The van der Waals surface area contributed by atoms with Gasteiger partial charge in [-0.3, -0.25) is 0 Å². The minimum absolute atomic E-state index is 0.0761. The fraction of sp³-hybridized carbons (Fsp3) is 0.263. The van der Waals surface area contributed by atoms with E-state index in [1.165, 1.54) is 12.1 Å². The van der Waals surface area contributed by atoms with Crippen LogP contribution in [0.15, 0.2) is 36.4 Å². The average Bonchev–Trinajstić information content (AvgIpc) is 2.57. The highest BCUT2D eigenvalue weighted by molar-refractivity contribution is 6.32. The number of halogens is 1. The molecule has 0 unspecified atom stereocenters. The molecule has 6 heteroatoms. The van der Waals surface area contributed by atoms with Crippen molar-refractivity contribution in [2.45, 2.75) is 26.9 Å². The van der Waals surface area contributed by atoms with Gasteiger partial charge < -0.3 is 14.2 Å². The van der Waals surface area contributed by atoms with E-state index >= 15 is 0 Å². The third-order valence-corrected chi connectivity index (χ3v) is 3.56. The quantitative estimate of drug-likeness (QED) is 0.568. The summed E-state index contributed by atoms with van der Waals surface area (Å²) in [5.41, 5.74) is 1.34. The maximum absolute atomic E-state index is 12.3. The van der Waals surface area contributed by atoms with Crippen molar-refractivity contribution in [1.82, 2.24) is 0 Å². The minimum Gasteiger partial charge on any atom is -0.490 e. The third kappa shape index (κ3) is 4.88. The van der Waals surface area contributed by atoms with E-state index in [2.05, 4.69) is 0 Å². The van der Waals surface area contributed by atoms with Crippen LogP contribution in [-0.2, 0) is 4.79 Å². The molecule has 0 fully saturated rings. The Morgan fingerprint density at radius 1 is 1.32 bits per heavy atom. The van der Waals surface area contributed by atoms with Gasteiger partial charge in [0.1, 0.15) is 5.75 Å². The van der Waals surface area contributed by atoms with Crippen LogP contribution in [0.2, 0.25) is 5.02 Å². The number of carbonyl (C=O) groups is 1. The van der Waals surface area contributed by atoms with Crippen molar-refractivity contribution < 1.29 is 19.0 Å². The Balaban J connectivity index is 2.17. The van der Waals surface area contributed by atoms with E-state index in [9.17, 15) is 4.79 Å². The average molecular weight is 360 g/mol. The predicted octanol–water partition coefficient (Wildman–Crippen LogP) is 4.29. The molecule has 0 bridgehead atoms. The molecule has 0 N–H and O–H groups in total. The van der Waals surface area contributed by atoms with Crippen molar-refractivity contribution in [1.29, 1.82) is 5.26 Å². The van der Waals surface area contributed by atoms with Gasteiger partial charge in [-0.1, -0.05) is 23.7 Å². The van der Waals surface area contributed by atoms with Crippen LogP contribution in [0.25, 0.3) is 0 Å². The third-order valence-electron chi connectivity index (χ3n) is 3.28. The number of hydrogen-bond donors (Lipinski definition) is 0. The van der Waals surface area contributed by atoms with E-state index in [0.29, 0.717) is 17.9 Å². The molecule has 2 aromatic rings. The van der Waals surface area contributed by atoms with Crippen LogP contribution in [0, 0.1) is 18.3 Å². The maximum Gasteiger partial charge on any atom is 0.352 e. The van der Waals surface area contributed by atoms with Crippen LogP contribution in [0.4, 0.5) is 0 Å². The molecule has 0 aliphatic rings. The number of rotatable bonds is 6. The van der Waals surface area contributed by atoms with Gasteiger partial charge in [0.05, 0.1) is 23.3 Å². The number of nitrogens with zero attached hydrogens (tertiary/aromatic N) is 1. The van der Waals surface area contributed by atoms with Crippen molar-refractivity contribution in [2.24, 2.45) is 0 Å². The number of nitriles is 1.